The number of hydrogen-bond donors (Lipinski definition) is 2. The van der Waals surface area contributed by atoms with E-state index in [2.05, 4.69) is 26.3 Å². The maximum Gasteiger partial charge on any atom is 0.270 e. The van der Waals surface area contributed by atoms with E-state index in [-0.39, 0.29) is 40.0 Å². The lowest BCUT2D eigenvalue weighted by Crippen LogP contribution is -2.46. The summed E-state index contributed by atoms with van der Waals surface area (Å²) in [5.74, 6) is -2.13. The standard InChI is InChI=1S/C23H18BrClFN5O3S/c24-13-9-30(29-20(13)21(27)33)10-18(32)31-16(8-17-23(31)35-17)22(34)28-15-7-3-5-12(19(15)26)11-4-1-2-6-14(11)25/h1-7,9,16-17,23H,8,10H2,(H2,27,33)(H,28,34)/t16-,17+,23+/m0/s1. The molecule has 3 aromatic rings. The van der Waals surface area contributed by atoms with Gasteiger partial charge in [0, 0.05) is 27.6 Å². The average molecular weight is 579 g/mol. The first-order valence-corrected chi connectivity index (χ1v) is 12.7. The van der Waals surface area contributed by atoms with Crippen LogP contribution in [-0.2, 0) is 16.1 Å². The van der Waals surface area contributed by atoms with E-state index in [0.717, 1.165) is 0 Å². The van der Waals surface area contributed by atoms with Crippen LogP contribution in [0.5, 0.6) is 0 Å². The zero-order valence-electron chi connectivity index (χ0n) is 18.0. The molecule has 0 saturated carbocycles. The number of carbonyl (C=O) groups excluding carboxylic acids is 3. The summed E-state index contributed by atoms with van der Waals surface area (Å²) in [6.45, 7) is -0.171. The third-order valence-corrected chi connectivity index (χ3v) is 8.11. The number of nitrogens with zero attached hydrogens (tertiary/aromatic N) is 3. The van der Waals surface area contributed by atoms with Crippen molar-refractivity contribution in [1.29, 1.82) is 0 Å². The van der Waals surface area contributed by atoms with Crippen molar-refractivity contribution in [2.45, 2.75) is 29.6 Å². The zero-order chi connectivity index (χ0) is 24.9. The van der Waals surface area contributed by atoms with Crippen LogP contribution in [0, 0.1) is 5.82 Å². The molecule has 3 N–H and O–H groups in total. The van der Waals surface area contributed by atoms with E-state index in [1.165, 1.54) is 21.8 Å². The molecule has 2 aliphatic rings. The Balaban J connectivity index is 1.34. The van der Waals surface area contributed by atoms with Crippen molar-refractivity contribution < 1.29 is 18.8 Å². The molecular weight excluding hydrogens is 561 g/mol. The molecule has 3 atom stereocenters. The SMILES string of the molecule is NC(=O)c1nn(CC(=O)N2[C@@H]3S[C@@H]3C[C@H]2C(=O)Nc2cccc(-c3ccccc3Cl)c2F)cc1Br. The fourth-order valence-corrected chi connectivity index (χ4v) is 6.16. The van der Waals surface area contributed by atoms with E-state index in [1.807, 2.05) is 0 Å². The van der Waals surface area contributed by atoms with Crippen molar-refractivity contribution in [3.8, 4) is 11.1 Å². The van der Waals surface area contributed by atoms with E-state index in [1.54, 1.807) is 48.2 Å². The number of likely N-dealkylation sites (tertiary alicyclic amines) is 1. The summed E-state index contributed by atoms with van der Waals surface area (Å²) in [5.41, 5.74) is 6.08. The molecule has 0 radical (unpaired) electrons. The van der Waals surface area contributed by atoms with Crippen LogP contribution in [-0.4, -0.2) is 49.1 Å². The molecule has 2 aliphatic heterocycles. The second kappa shape index (κ2) is 9.29. The van der Waals surface area contributed by atoms with Gasteiger partial charge >= 0.3 is 0 Å². The highest BCUT2D eigenvalue weighted by Gasteiger charge is 2.57. The number of thioether (sulfide) groups is 1. The van der Waals surface area contributed by atoms with Crippen LogP contribution in [0.3, 0.4) is 0 Å². The average Bonchev–Trinajstić information content (AvgIpc) is 3.31. The number of benzene rings is 2. The summed E-state index contributed by atoms with van der Waals surface area (Å²) >= 11 is 11.0. The first kappa shape index (κ1) is 23.8. The molecule has 5 rings (SSSR count). The largest absolute Gasteiger partial charge is 0.364 e. The van der Waals surface area contributed by atoms with Gasteiger partial charge < -0.3 is 16.0 Å². The van der Waals surface area contributed by atoms with E-state index < -0.39 is 23.7 Å². The molecule has 12 heteroatoms. The lowest BCUT2D eigenvalue weighted by molar-refractivity contribution is -0.137. The quantitative estimate of drug-likeness (QED) is 0.432. The first-order valence-electron chi connectivity index (χ1n) is 10.6. The summed E-state index contributed by atoms with van der Waals surface area (Å²) in [4.78, 5) is 39.2. The third-order valence-electron chi connectivity index (χ3n) is 5.88. The number of rotatable bonds is 6. The van der Waals surface area contributed by atoms with Gasteiger partial charge in [0.05, 0.1) is 15.5 Å². The maximum absolute atomic E-state index is 15.3. The molecule has 2 aromatic carbocycles. The number of aromatic nitrogens is 2. The van der Waals surface area contributed by atoms with E-state index in [0.29, 0.717) is 21.5 Å². The van der Waals surface area contributed by atoms with Crippen LogP contribution < -0.4 is 11.1 Å². The van der Waals surface area contributed by atoms with Crippen molar-refractivity contribution in [2.24, 2.45) is 5.73 Å². The Morgan fingerprint density at radius 3 is 2.66 bits per heavy atom. The molecule has 0 spiro atoms. The predicted octanol–water partition coefficient (Wildman–Crippen LogP) is 3.89. The molecule has 0 unspecified atom stereocenters. The topological polar surface area (TPSA) is 110 Å². The smallest absolute Gasteiger partial charge is 0.270 e. The lowest BCUT2D eigenvalue weighted by atomic mass is 10.0. The number of nitrogens with one attached hydrogen (secondary N) is 1. The van der Waals surface area contributed by atoms with Crippen molar-refractivity contribution in [2.75, 3.05) is 5.32 Å². The van der Waals surface area contributed by atoms with Gasteiger partial charge in [-0.05, 0) is 34.5 Å². The molecule has 35 heavy (non-hydrogen) atoms. The van der Waals surface area contributed by atoms with Gasteiger partial charge in [-0.3, -0.25) is 19.1 Å². The van der Waals surface area contributed by atoms with Gasteiger partial charge in [0.1, 0.15) is 12.6 Å². The molecule has 2 fully saturated rings. The normalized spacial score (nSPS) is 20.4. The Morgan fingerprint density at radius 1 is 1.20 bits per heavy atom. The highest BCUT2D eigenvalue weighted by atomic mass is 79.9. The minimum Gasteiger partial charge on any atom is -0.364 e. The molecule has 3 amide bonds. The van der Waals surface area contributed by atoms with E-state index >= 15 is 4.39 Å². The van der Waals surface area contributed by atoms with Crippen LogP contribution in [0.1, 0.15) is 16.9 Å². The number of hydrogen-bond acceptors (Lipinski definition) is 5. The van der Waals surface area contributed by atoms with Crippen LogP contribution in [0.4, 0.5) is 10.1 Å². The third kappa shape index (κ3) is 4.55. The van der Waals surface area contributed by atoms with Crippen molar-refractivity contribution in [3.63, 3.8) is 0 Å². The molecule has 3 heterocycles. The van der Waals surface area contributed by atoms with Crippen LogP contribution >= 0.6 is 39.3 Å². The number of halogens is 3. The number of amides is 3. The van der Waals surface area contributed by atoms with Crippen molar-refractivity contribution >= 4 is 62.7 Å². The summed E-state index contributed by atoms with van der Waals surface area (Å²) in [6.07, 6.45) is 1.95. The Morgan fingerprint density at radius 2 is 1.94 bits per heavy atom. The molecule has 2 saturated heterocycles. The molecule has 180 valence electrons. The second-order valence-electron chi connectivity index (χ2n) is 8.14. The van der Waals surface area contributed by atoms with Gasteiger partial charge in [-0.15, -0.1) is 11.8 Å². The zero-order valence-corrected chi connectivity index (χ0v) is 21.1. The van der Waals surface area contributed by atoms with Gasteiger partial charge in [0.15, 0.2) is 11.5 Å². The highest BCUT2D eigenvalue weighted by Crippen LogP contribution is 2.53. The fourth-order valence-electron chi connectivity index (χ4n) is 4.21. The minimum atomic E-state index is -0.753. The molecular formula is C23H18BrClFN5O3S. The van der Waals surface area contributed by atoms with Crippen LogP contribution in [0.2, 0.25) is 5.02 Å². The van der Waals surface area contributed by atoms with Gasteiger partial charge in [-0.25, -0.2) is 4.39 Å². The van der Waals surface area contributed by atoms with Gasteiger partial charge in [0.25, 0.3) is 5.91 Å². The van der Waals surface area contributed by atoms with Crippen LogP contribution in [0.25, 0.3) is 11.1 Å². The number of carbonyl (C=O) groups is 3. The minimum absolute atomic E-state index is 0.00940. The Kier molecular flexibility index (Phi) is 6.32. The van der Waals surface area contributed by atoms with Gasteiger partial charge in [0.2, 0.25) is 11.8 Å². The molecule has 8 nitrogen and oxygen atoms in total. The summed E-state index contributed by atoms with van der Waals surface area (Å²) in [5, 5.41) is 7.11. The second-order valence-corrected chi connectivity index (χ2v) is 10.8. The molecule has 0 aliphatic carbocycles. The maximum atomic E-state index is 15.3. The van der Waals surface area contributed by atoms with E-state index in [9.17, 15) is 14.4 Å². The number of nitrogens with two attached hydrogens (primary N) is 1. The number of primary amides is 1. The Hall–Kier alpha value is -2.89. The Labute approximate surface area is 217 Å². The summed E-state index contributed by atoms with van der Waals surface area (Å²) in [7, 11) is 0. The van der Waals surface area contributed by atoms with Gasteiger partial charge in [-0.2, -0.15) is 5.10 Å². The number of fused-ring (bicyclic) bond motifs is 1. The Bertz CT molecular complexity index is 1370. The van der Waals surface area contributed by atoms with Crippen LogP contribution in [0.15, 0.2) is 53.1 Å². The van der Waals surface area contributed by atoms with E-state index in [4.69, 9.17) is 17.3 Å². The summed E-state index contributed by atoms with van der Waals surface area (Å²) < 4.78 is 17.0. The monoisotopic (exact) mass is 577 g/mol. The van der Waals surface area contributed by atoms with Crippen molar-refractivity contribution in [1.82, 2.24) is 14.7 Å². The number of anilines is 1. The van der Waals surface area contributed by atoms with Crippen molar-refractivity contribution in [3.05, 3.63) is 69.7 Å². The highest BCUT2D eigenvalue weighted by molar-refractivity contribution is 9.10. The fraction of sp³-hybridized carbons (Fsp3) is 0.217. The molecule has 1 aromatic heterocycles. The first-order chi connectivity index (χ1) is 16.7. The predicted molar refractivity (Wildman–Crippen MR) is 134 cm³/mol. The summed E-state index contributed by atoms with van der Waals surface area (Å²) in [6, 6.07) is 10.8. The molecule has 0 bridgehead atoms. The van der Waals surface area contributed by atoms with Gasteiger partial charge in [-0.1, -0.05) is 41.9 Å². The lowest BCUT2D eigenvalue weighted by Gasteiger charge is -2.26.